The van der Waals surface area contributed by atoms with Gasteiger partial charge in [-0.3, -0.25) is 9.69 Å². The number of carboxylic acid groups (broad SMARTS) is 1. The number of amides is 1. The minimum Gasteiger partial charge on any atom is -0.481 e. The van der Waals surface area contributed by atoms with Gasteiger partial charge in [0.15, 0.2) is 0 Å². The summed E-state index contributed by atoms with van der Waals surface area (Å²) in [6, 6.07) is 5.91. The molecule has 1 aliphatic heterocycles. The standard InChI is InChI=1S/C16H18F3NO4/c17-16(18,19)13-8-6-12(7-9-14(21)22)20(13)15(23)24-10-11-4-2-1-3-5-11/h1-5,12-13H,6-10H2,(H,21,22)/t12-,13+/m0/s1. The van der Waals surface area contributed by atoms with Gasteiger partial charge in [0.25, 0.3) is 0 Å². The predicted molar refractivity (Wildman–Crippen MR) is 78.2 cm³/mol. The fourth-order valence-electron chi connectivity index (χ4n) is 2.85. The number of aliphatic carboxylic acids is 1. The van der Waals surface area contributed by atoms with Crippen molar-refractivity contribution >= 4 is 12.1 Å². The molecule has 0 aromatic heterocycles. The zero-order chi connectivity index (χ0) is 17.7. The Morgan fingerprint density at radius 3 is 2.46 bits per heavy atom. The van der Waals surface area contributed by atoms with E-state index < -0.39 is 30.3 Å². The van der Waals surface area contributed by atoms with Gasteiger partial charge in [-0.15, -0.1) is 0 Å². The second kappa shape index (κ2) is 7.55. The van der Waals surface area contributed by atoms with Crippen LogP contribution in [0.1, 0.15) is 31.2 Å². The molecule has 0 bridgehead atoms. The van der Waals surface area contributed by atoms with Gasteiger partial charge in [0.05, 0.1) is 0 Å². The van der Waals surface area contributed by atoms with Crippen molar-refractivity contribution in [2.45, 2.75) is 50.6 Å². The molecular weight excluding hydrogens is 327 g/mol. The van der Waals surface area contributed by atoms with Crippen LogP contribution >= 0.6 is 0 Å². The van der Waals surface area contributed by atoms with Crippen molar-refractivity contribution in [3.8, 4) is 0 Å². The zero-order valence-electron chi connectivity index (χ0n) is 12.8. The summed E-state index contributed by atoms with van der Waals surface area (Å²) in [7, 11) is 0. The van der Waals surface area contributed by atoms with Gasteiger partial charge < -0.3 is 9.84 Å². The Kier molecular flexibility index (Phi) is 5.69. The first-order chi connectivity index (χ1) is 11.3. The number of hydrogen-bond acceptors (Lipinski definition) is 3. The number of halogens is 3. The molecule has 5 nitrogen and oxygen atoms in total. The highest BCUT2D eigenvalue weighted by Crippen LogP contribution is 2.37. The third-order valence-electron chi connectivity index (χ3n) is 3.99. The maximum absolute atomic E-state index is 13.1. The number of alkyl halides is 3. The molecule has 0 unspecified atom stereocenters. The minimum atomic E-state index is -4.57. The highest BCUT2D eigenvalue weighted by Gasteiger charge is 2.52. The van der Waals surface area contributed by atoms with Crippen molar-refractivity contribution in [3.63, 3.8) is 0 Å². The molecule has 1 heterocycles. The SMILES string of the molecule is O=C(O)CC[C@@H]1CC[C@H](C(F)(F)F)N1C(=O)OCc1ccccc1. The lowest BCUT2D eigenvalue weighted by molar-refractivity contribution is -0.174. The normalized spacial score (nSPS) is 20.9. The zero-order valence-corrected chi connectivity index (χ0v) is 12.8. The first kappa shape index (κ1) is 18.1. The lowest BCUT2D eigenvalue weighted by Crippen LogP contribution is -2.48. The summed E-state index contributed by atoms with van der Waals surface area (Å²) in [6.07, 6.45) is -6.08. The smallest absolute Gasteiger partial charge is 0.410 e. The second-order valence-corrected chi connectivity index (χ2v) is 5.67. The van der Waals surface area contributed by atoms with Gasteiger partial charge in [0, 0.05) is 12.5 Å². The maximum atomic E-state index is 13.1. The van der Waals surface area contributed by atoms with E-state index in [2.05, 4.69) is 0 Å². The monoisotopic (exact) mass is 345 g/mol. The average Bonchev–Trinajstić information content (AvgIpc) is 2.96. The topological polar surface area (TPSA) is 66.8 Å². The van der Waals surface area contributed by atoms with E-state index in [-0.39, 0.29) is 32.3 Å². The van der Waals surface area contributed by atoms with Crippen LogP contribution in [-0.4, -0.2) is 40.3 Å². The molecule has 2 atom stereocenters. The van der Waals surface area contributed by atoms with Crippen molar-refractivity contribution in [2.24, 2.45) is 0 Å². The molecule has 0 aliphatic carbocycles. The van der Waals surface area contributed by atoms with Crippen molar-refractivity contribution < 1.29 is 32.6 Å². The Labute approximate surface area is 137 Å². The Bertz CT molecular complexity index is 576. The number of likely N-dealkylation sites (tertiary alicyclic amines) is 1. The molecule has 0 radical (unpaired) electrons. The molecule has 24 heavy (non-hydrogen) atoms. The molecular formula is C16H18F3NO4. The number of nitrogens with zero attached hydrogens (tertiary/aromatic N) is 1. The molecule has 1 amide bonds. The van der Waals surface area contributed by atoms with Crippen LogP contribution in [0.5, 0.6) is 0 Å². The molecule has 132 valence electrons. The second-order valence-electron chi connectivity index (χ2n) is 5.67. The molecule has 1 saturated heterocycles. The van der Waals surface area contributed by atoms with Crippen molar-refractivity contribution in [2.75, 3.05) is 0 Å². The van der Waals surface area contributed by atoms with Crippen LogP contribution in [0.15, 0.2) is 30.3 Å². The summed E-state index contributed by atoms with van der Waals surface area (Å²) in [4.78, 5) is 23.5. The van der Waals surface area contributed by atoms with Crippen LogP contribution in [0, 0.1) is 0 Å². The van der Waals surface area contributed by atoms with Gasteiger partial charge in [-0.2, -0.15) is 13.2 Å². The quantitative estimate of drug-likeness (QED) is 0.886. The van der Waals surface area contributed by atoms with E-state index >= 15 is 0 Å². The van der Waals surface area contributed by atoms with Crippen LogP contribution in [0.3, 0.4) is 0 Å². The van der Waals surface area contributed by atoms with E-state index in [1.54, 1.807) is 30.3 Å². The number of hydrogen-bond donors (Lipinski definition) is 1. The minimum absolute atomic E-state index is 0.0254. The number of rotatable bonds is 5. The van der Waals surface area contributed by atoms with E-state index in [9.17, 15) is 22.8 Å². The Balaban J connectivity index is 2.06. The van der Waals surface area contributed by atoms with E-state index in [0.29, 0.717) is 10.5 Å². The summed E-state index contributed by atoms with van der Waals surface area (Å²) in [6.45, 7) is -0.133. The number of ether oxygens (including phenoxy) is 1. The van der Waals surface area contributed by atoms with Crippen LogP contribution in [0.4, 0.5) is 18.0 Å². The average molecular weight is 345 g/mol. The maximum Gasteiger partial charge on any atom is 0.410 e. The first-order valence-electron chi connectivity index (χ1n) is 7.56. The van der Waals surface area contributed by atoms with Crippen LogP contribution in [0.25, 0.3) is 0 Å². The van der Waals surface area contributed by atoms with Crippen molar-refractivity contribution in [1.29, 1.82) is 0 Å². The summed E-state index contributed by atoms with van der Waals surface area (Å²) in [5, 5.41) is 8.72. The lowest BCUT2D eigenvalue weighted by atomic mass is 10.1. The summed E-state index contributed by atoms with van der Waals surface area (Å²) < 4.78 is 44.4. The van der Waals surface area contributed by atoms with E-state index in [1.165, 1.54) is 0 Å². The molecule has 1 fully saturated rings. The van der Waals surface area contributed by atoms with Crippen LogP contribution in [-0.2, 0) is 16.1 Å². The Morgan fingerprint density at radius 1 is 1.21 bits per heavy atom. The molecule has 1 aliphatic rings. The molecule has 0 saturated carbocycles. The molecule has 1 aromatic carbocycles. The summed E-state index contributed by atoms with van der Waals surface area (Å²) >= 11 is 0. The number of benzene rings is 1. The fourth-order valence-corrected chi connectivity index (χ4v) is 2.85. The van der Waals surface area contributed by atoms with E-state index in [4.69, 9.17) is 9.84 Å². The molecule has 1 N–H and O–H groups in total. The number of carbonyl (C=O) groups excluding carboxylic acids is 1. The molecule has 1 aromatic rings. The number of carboxylic acids is 1. The lowest BCUT2D eigenvalue weighted by Gasteiger charge is -2.30. The van der Waals surface area contributed by atoms with Gasteiger partial charge in [-0.25, -0.2) is 4.79 Å². The van der Waals surface area contributed by atoms with Crippen LogP contribution in [0.2, 0.25) is 0 Å². The molecule has 8 heteroatoms. The van der Waals surface area contributed by atoms with Crippen LogP contribution < -0.4 is 0 Å². The van der Waals surface area contributed by atoms with E-state index in [0.717, 1.165) is 0 Å². The van der Waals surface area contributed by atoms with Crippen molar-refractivity contribution in [3.05, 3.63) is 35.9 Å². The molecule has 2 rings (SSSR count). The van der Waals surface area contributed by atoms with Gasteiger partial charge in [-0.1, -0.05) is 30.3 Å². The Morgan fingerprint density at radius 2 is 1.88 bits per heavy atom. The van der Waals surface area contributed by atoms with Gasteiger partial charge in [0.2, 0.25) is 0 Å². The predicted octanol–water partition coefficient (Wildman–Crippen LogP) is 3.58. The molecule has 0 spiro atoms. The van der Waals surface area contributed by atoms with Gasteiger partial charge in [-0.05, 0) is 24.8 Å². The van der Waals surface area contributed by atoms with E-state index in [1.807, 2.05) is 0 Å². The number of carbonyl (C=O) groups is 2. The van der Waals surface area contributed by atoms with Crippen molar-refractivity contribution in [1.82, 2.24) is 4.90 Å². The first-order valence-corrected chi connectivity index (χ1v) is 7.56. The van der Waals surface area contributed by atoms with Gasteiger partial charge in [0.1, 0.15) is 12.6 Å². The Hall–Kier alpha value is -2.25. The summed E-state index contributed by atoms with van der Waals surface area (Å²) in [5.41, 5.74) is 0.663. The fraction of sp³-hybridized carbons (Fsp3) is 0.500. The van der Waals surface area contributed by atoms with Gasteiger partial charge >= 0.3 is 18.2 Å². The highest BCUT2D eigenvalue weighted by atomic mass is 19.4. The third-order valence-corrected chi connectivity index (χ3v) is 3.99. The summed E-state index contributed by atoms with van der Waals surface area (Å²) in [5.74, 6) is -1.11. The third kappa shape index (κ3) is 4.62. The largest absolute Gasteiger partial charge is 0.481 e. The highest BCUT2D eigenvalue weighted by molar-refractivity contribution is 5.70.